The predicted molar refractivity (Wildman–Crippen MR) is 204 cm³/mol. The molecule has 0 spiro atoms. The molecule has 2 N–H and O–H groups in total. The van der Waals surface area contributed by atoms with Gasteiger partial charge in [-0.25, -0.2) is 4.99 Å². The Morgan fingerprint density at radius 1 is 0.625 bits per heavy atom. The molecular weight excluding hydrogens is 587 g/mol. The maximum Gasteiger partial charge on any atom is 0.154 e. The highest BCUT2D eigenvalue weighted by atomic mass is 15.4. The van der Waals surface area contributed by atoms with E-state index in [0.717, 1.165) is 38.4 Å². The molecule has 8 rings (SSSR count). The number of amidine groups is 2. The number of hydrogen-bond donors (Lipinski definition) is 2. The maximum atomic E-state index is 8.88. The minimum Gasteiger partial charge on any atom is -0.336 e. The largest absolute Gasteiger partial charge is 0.336 e. The van der Waals surface area contributed by atoms with Gasteiger partial charge < -0.3 is 4.57 Å². The van der Waals surface area contributed by atoms with Gasteiger partial charge in [0, 0.05) is 39.2 Å². The SMILES string of the molecule is C=C/C=C\C=C/Cn1c2cc3c(cc2c2c4ccccc4ccc21)c1ccccc1n3NC(=NC(=N)c1ccccc1)c1ccccc1. The molecule has 0 aliphatic heterocycles. The molecule has 2 heterocycles. The van der Waals surface area contributed by atoms with E-state index in [9.17, 15) is 0 Å². The first-order chi connectivity index (χ1) is 23.7. The molecule has 5 nitrogen and oxygen atoms in total. The molecular formula is C43H33N5. The fourth-order valence-corrected chi connectivity index (χ4v) is 6.66. The van der Waals surface area contributed by atoms with Crippen LogP contribution in [-0.2, 0) is 6.54 Å². The number of aromatic nitrogens is 2. The van der Waals surface area contributed by atoms with Crippen molar-refractivity contribution in [1.82, 2.24) is 9.24 Å². The Labute approximate surface area is 278 Å². The monoisotopic (exact) mass is 619 g/mol. The average molecular weight is 620 g/mol. The van der Waals surface area contributed by atoms with Gasteiger partial charge in [0.25, 0.3) is 0 Å². The molecule has 230 valence electrons. The van der Waals surface area contributed by atoms with Crippen LogP contribution in [0.2, 0.25) is 0 Å². The van der Waals surface area contributed by atoms with Crippen LogP contribution < -0.4 is 5.43 Å². The number of nitrogens with one attached hydrogen (secondary N) is 2. The summed E-state index contributed by atoms with van der Waals surface area (Å²) in [5.41, 5.74) is 9.71. The van der Waals surface area contributed by atoms with Crippen LogP contribution in [0, 0.1) is 5.41 Å². The highest BCUT2D eigenvalue weighted by molar-refractivity contribution is 6.25. The molecule has 0 unspecified atom stereocenters. The second-order valence-corrected chi connectivity index (χ2v) is 11.7. The van der Waals surface area contributed by atoms with Crippen molar-refractivity contribution in [2.24, 2.45) is 4.99 Å². The molecule has 0 saturated carbocycles. The zero-order chi connectivity index (χ0) is 32.5. The van der Waals surface area contributed by atoms with E-state index in [1.807, 2.05) is 72.8 Å². The average Bonchev–Trinajstić information content (AvgIpc) is 3.62. The van der Waals surface area contributed by atoms with Crippen LogP contribution in [0.5, 0.6) is 0 Å². The van der Waals surface area contributed by atoms with Gasteiger partial charge in [-0.3, -0.25) is 15.5 Å². The van der Waals surface area contributed by atoms with Gasteiger partial charge in [0.1, 0.15) is 0 Å². The number of fused-ring (bicyclic) bond motifs is 8. The Balaban J connectivity index is 1.39. The van der Waals surface area contributed by atoms with Crippen molar-refractivity contribution in [3.8, 4) is 0 Å². The summed E-state index contributed by atoms with van der Waals surface area (Å²) in [7, 11) is 0. The van der Waals surface area contributed by atoms with E-state index in [4.69, 9.17) is 10.4 Å². The van der Waals surface area contributed by atoms with E-state index in [1.54, 1.807) is 6.08 Å². The summed E-state index contributed by atoms with van der Waals surface area (Å²) in [5, 5.41) is 16.1. The van der Waals surface area contributed by atoms with Crippen molar-refractivity contribution < 1.29 is 0 Å². The van der Waals surface area contributed by atoms with Gasteiger partial charge in [-0.15, -0.1) is 0 Å². The first kappa shape index (κ1) is 29.0. The minimum atomic E-state index is 0.189. The van der Waals surface area contributed by atoms with Gasteiger partial charge in [0.2, 0.25) is 0 Å². The summed E-state index contributed by atoms with van der Waals surface area (Å²) < 4.78 is 4.52. The van der Waals surface area contributed by atoms with Crippen molar-refractivity contribution in [1.29, 1.82) is 5.41 Å². The molecule has 2 aromatic heterocycles. The fourth-order valence-electron chi connectivity index (χ4n) is 6.66. The highest BCUT2D eigenvalue weighted by Crippen LogP contribution is 2.39. The molecule has 0 saturated heterocycles. The van der Waals surface area contributed by atoms with E-state index in [1.165, 1.54) is 27.1 Å². The standard InChI is InChI=1S/C43H33N5/c1-2-3-4-5-16-27-47-38-26-25-30-17-12-13-22-33(30)41(38)36-28-35-34-23-14-15-24-37(34)48(40(35)29-39(36)47)46-43(32-20-10-7-11-21-32)45-42(44)31-18-8-6-9-19-31/h2-26,28-29H,1,27H2,(H2,44,45,46)/b4-3-,16-5-. The lowest BCUT2D eigenvalue weighted by Crippen LogP contribution is -2.25. The molecule has 48 heavy (non-hydrogen) atoms. The second-order valence-electron chi connectivity index (χ2n) is 11.7. The molecule has 0 amide bonds. The third kappa shape index (κ3) is 5.08. The van der Waals surface area contributed by atoms with Crippen LogP contribution in [-0.4, -0.2) is 20.9 Å². The van der Waals surface area contributed by atoms with E-state index in [-0.39, 0.29) is 5.84 Å². The fraction of sp³-hybridized carbons (Fsp3) is 0.0233. The van der Waals surface area contributed by atoms with Gasteiger partial charge in [-0.1, -0.05) is 146 Å². The van der Waals surface area contributed by atoms with Crippen molar-refractivity contribution in [3.63, 3.8) is 0 Å². The third-order valence-electron chi connectivity index (χ3n) is 8.87. The minimum absolute atomic E-state index is 0.189. The number of aliphatic imine (C=N–C) groups is 1. The first-order valence-corrected chi connectivity index (χ1v) is 16.1. The highest BCUT2D eigenvalue weighted by Gasteiger charge is 2.19. The van der Waals surface area contributed by atoms with Crippen LogP contribution in [0.1, 0.15) is 11.1 Å². The molecule has 0 fully saturated rings. The molecule has 0 aliphatic rings. The van der Waals surface area contributed by atoms with Gasteiger partial charge in [-0.2, -0.15) is 0 Å². The number of para-hydroxylation sites is 1. The number of hydrogen-bond acceptors (Lipinski definition) is 1. The maximum absolute atomic E-state index is 8.88. The van der Waals surface area contributed by atoms with E-state index in [0.29, 0.717) is 12.4 Å². The molecule has 8 aromatic rings. The van der Waals surface area contributed by atoms with Gasteiger partial charge in [0.05, 0.1) is 22.1 Å². The van der Waals surface area contributed by atoms with Crippen molar-refractivity contribution in [3.05, 3.63) is 182 Å². The van der Waals surface area contributed by atoms with E-state index >= 15 is 0 Å². The van der Waals surface area contributed by atoms with Gasteiger partial charge in [0.15, 0.2) is 11.7 Å². The topological polar surface area (TPSA) is 58.1 Å². The number of nitrogens with zero attached hydrogens (tertiary/aromatic N) is 3. The van der Waals surface area contributed by atoms with Crippen LogP contribution in [0.15, 0.2) is 175 Å². The molecule has 0 aliphatic carbocycles. The summed E-state index contributed by atoms with van der Waals surface area (Å²) in [6.07, 6.45) is 9.98. The van der Waals surface area contributed by atoms with Crippen LogP contribution >= 0.6 is 0 Å². The Kier molecular flexibility index (Phi) is 7.48. The molecule has 5 heteroatoms. The summed E-state index contributed by atoms with van der Waals surface area (Å²) in [6, 6.07) is 45.9. The molecule has 6 aromatic carbocycles. The Hall–Kier alpha value is -6.46. The second kappa shape index (κ2) is 12.4. The Morgan fingerprint density at radius 3 is 2.12 bits per heavy atom. The molecule has 0 bridgehead atoms. The summed E-state index contributed by atoms with van der Waals surface area (Å²) >= 11 is 0. The van der Waals surface area contributed by atoms with Crippen LogP contribution in [0.25, 0.3) is 54.4 Å². The van der Waals surface area contributed by atoms with E-state index < -0.39 is 0 Å². The first-order valence-electron chi connectivity index (χ1n) is 16.1. The number of allylic oxidation sites excluding steroid dienone is 5. The number of benzene rings is 6. The summed E-state index contributed by atoms with van der Waals surface area (Å²) in [5.74, 6) is 0.782. The lowest BCUT2D eigenvalue weighted by molar-refractivity contribution is 0.899. The van der Waals surface area contributed by atoms with Gasteiger partial charge >= 0.3 is 0 Å². The Morgan fingerprint density at radius 2 is 1.33 bits per heavy atom. The van der Waals surface area contributed by atoms with Crippen molar-refractivity contribution in [2.75, 3.05) is 5.43 Å². The lowest BCUT2D eigenvalue weighted by atomic mass is 10.0. The zero-order valence-electron chi connectivity index (χ0n) is 26.3. The lowest BCUT2D eigenvalue weighted by Gasteiger charge is -2.15. The number of rotatable bonds is 7. The summed E-state index contributed by atoms with van der Waals surface area (Å²) in [6.45, 7) is 4.50. The van der Waals surface area contributed by atoms with E-state index in [2.05, 4.69) is 106 Å². The third-order valence-corrected chi connectivity index (χ3v) is 8.87. The van der Waals surface area contributed by atoms with Crippen molar-refractivity contribution in [2.45, 2.75) is 6.54 Å². The van der Waals surface area contributed by atoms with Gasteiger partial charge in [-0.05, 0) is 35.0 Å². The quantitative estimate of drug-likeness (QED) is 0.104. The predicted octanol–water partition coefficient (Wildman–Crippen LogP) is 10.4. The van der Waals surface area contributed by atoms with Crippen molar-refractivity contribution >= 4 is 66.1 Å². The molecule has 0 atom stereocenters. The summed E-state index contributed by atoms with van der Waals surface area (Å²) in [4.78, 5) is 4.86. The van der Waals surface area contributed by atoms with Crippen LogP contribution in [0.4, 0.5) is 0 Å². The normalized spacial score (nSPS) is 12.4. The molecule has 0 radical (unpaired) electrons. The van der Waals surface area contributed by atoms with Crippen LogP contribution in [0.3, 0.4) is 0 Å². The smallest absolute Gasteiger partial charge is 0.154 e. The Bertz CT molecular complexity index is 2580. The zero-order valence-corrected chi connectivity index (χ0v) is 26.3.